The fraction of sp³-hybridized carbons (Fsp3) is 0.333. The molecular weight excluding hydrogens is 412 g/mol. The maximum absolute atomic E-state index is 13.0. The molecule has 166 valence electrons. The van der Waals surface area contributed by atoms with Crippen LogP contribution in [0.2, 0.25) is 0 Å². The first-order chi connectivity index (χ1) is 15.6. The lowest BCUT2D eigenvalue weighted by atomic mass is 10.1. The largest absolute Gasteiger partial charge is 0.493 e. The van der Waals surface area contributed by atoms with Crippen molar-refractivity contribution in [3.63, 3.8) is 0 Å². The minimum atomic E-state index is 0.0984. The van der Waals surface area contributed by atoms with Crippen molar-refractivity contribution in [3.8, 4) is 34.3 Å². The number of fused-ring (bicyclic) bond motifs is 1. The van der Waals surface area contributed by atoms with E-state index in [2.05, 4.69) is 5.16 Å². The minimum absolute atomic E-state index is 0.0984. The van der Waals surface area contributed by atoms with Crippen LogP contribution in [0, 0.1) is 5.92 Å². The van der Waals surface area contributed by atoms with E-state index in [0.29, 0.717) is 41.8 Å². The molecule has 0 N–H and O–H groups in total. The highest BCUT2D eigenvalue weighted by atomic mass is 16.7. The Morgan fingerprint density at radius 3 is 2.59 bits per heavy atom. The molecule has 5 rings (SSSR count). The summed E-state index contributed by atoms with van der Waals surface area (Å²) in [6.45, 7) is 1.05. The van der Waals surface area contributed by atoms with Crippen molar-refractivity contribution >= 4 is 5.91 Å². The molecule has 0 saturated heterocycles. The molecule has 2 heterocycles. The number of aromatic nitrogens is 1. The molecule has 8 heteroatoms. The second-order valence-electron chi connectivity index (χ2n) is 7.91. The van der Waals surface area contributed by atoms with Gasteiger partial charge >= 0.3 is 0 Å². The summed E-state index contributed by atoms with van der Waals surface area (Å²) < 4.78 is 27.1. The molecular formula is C24H24N2O6. The number of nitrogens with zero attached hydrogens (tertiary/aromatic N) is 2. The van der Waals surface area contributed by atoms with Crippen LogP contribution in [0.25, 0.3) is 11.3 Å². The summed E-state index contributed by atoms with van der Waals surface area (Å²) in [4.78, 5) is 14.8. The van der Waals surface area contributed by atoms with Gasteiger partial charge in [-0.1, -0.05) is 11.2 Å². The second-order valence-corrected chi connectivity index (χ2v) is 7.91. The molecule has 1 aliphatic carbocycles. The lowest BCUT2D eigenvalue weighted by molar-refractivity contribution is -0.133. The van der Waals surface area contributed by atoms with Crippen molar-refractivity contribution in [1.82, 2.24) is 10.1 Å². The molecule has 1 amide bonds. The molecule has 3 aromatic rings. The Morgan fingerprint density at radius 2 is 1.81 bits per heavy atom. The molecule has 2 aliphatic rings. The highest BCUT2D eigenvalue weighted by Crippen LogP contribution is 2.36. The molecule has 0 atom stereocenters. The first-order valence-electron chi connectivity index (χ1n) is 10.5. The maximum Gasteiger partial charge on any atom is 0.231 e. The monoisotopic (exact) mass is 436 g/mol. The van der Waals surface area contributed by atoms with Gasteiger partial charge in [0.1, 0.15) is 5.69 Å². The number of methoxy groups -OCH3 is 2. The van der Waals surface area contributed by atoms with Gasteiger partial charge in [0.2, 0.25) is 12.7 Å². The van der Waals surface area contributed by atoms with Crippen molar-refractivity contribution in [2.45, 2.75) is 25.9 Å². The number of ether oxygens (including phenoxy) is 4. The number of amides is 1. The normalized spacial score (nSPS) is 14.3. The van der Waals surface area contributed by atoms with Gasteiger partial charge in [-0.05, 0) is 48.7 Å². The van der Waals surface area contributed by atoms with Crippen molar-refractivity contribution in [2.75, 3.05) is 21.0 Å². The number of carbonyl (C=O) groups is 1. The van der Waals surface area contributed by atoms with E-state index >= 15 is 0 Å². The second kappa shape index (κ2) is 8.45. The van der Waals surface area contributed by atoms with Crippen LogP contribution in [0.1, 0.15) is 24.1 Å². The fourth-order valence-electron chi connectivity index (χ4n) is 3.77. The maximum atomic E-state index is 13.0. The molecule has 0 unspecified atom stereocenters. The van der Waals surface area contributed by atoms with Crippen LogP contribution in [-0.4, -0.2) is 37.0 Å². The number of hydrogen-bond donors (Lipinski definition) is 0. The Bertz CT molecular complexity index is 1140. The first-order valence-corrected chi connectivity index (χ1v) is 10.5. The number of carbonyl (C=O) groups excluding carboxylic acids is 1. The topological polar surface area (TPSA) is 83.3 Å². The number of benzene rings is 2. The lowest BCUT2D eigenvalue weighted by Crippen LogP contribution is -2.31. The van der Waals surface area contributed by atoms with Crippen LogP contribution in [0.3, 0.4) is 0 Å². The molecule has 1 fully saturated rings. The summed E-state index contributed by atoms with van der Waals surface area (Å²) in [7, 11) is 3.18. The smallest absolute Gasteiger partial charge is 0.231 e. The third kappa shape index (κ3) is 4.08. The zero-order valence-electron chi connectivity index (χ0n) is 18.0. The summed E-state index contributed by atoms with van der Waals surface area (Å²) in [5, 5.41) is 4.21. The predicted molar refractivity (Wildman–Crippen MR) is 115 cm³/mol. The quantitative estimate of drug-likeness (QED) is 0.527. The molecule has 8 nitrogen and oxygen atoms in total. The lowest BCUT2D eigenvalue weighted by Gasteiger charge is -2.22. The molecule has 0 bridgehead atoms. The van der Waals surface area contributed by atoms with E-state index in [9.17, 15) is 4.79 Å². The standard InChI is InChI=1S/C24H24N2O6/c1-28-19-8-6-17(10-22(19)29-2)21-11-18(25-32-21)13-26(24(27)16-4-5-16)12-15-3-7-20-23(9-15)31-14-30-20/h3,6-11,16H,4-5,12-14H2,1-2H3. The summed E-state index contributed by atoms with van der Waals surface area (Å²) in [5.41, 5.74) is 2.48. The van der Waals surface area contributed by atoms with Crippen LogP contribution >= 0.6 is 0 Å². The van der Waals surface area contributed by atoms with Crippen LogP contribution in [0.4, 0.5) is 0 Å². The molecule has 0 radical (unpaired) electrons. The zero-order chi connectivity index (χ0) is 22.1. The zero-order valence-corrected chi connectivity index (χ0v) is 18.0. The molecule has 1 saturated carbocycles. The van der Waals surface area contributed by atoms with Crippen molar-refractivity contribution in [2.24, 2.45) is 5.92 Å². The highest BCUT2D eigenvalue weighted by Gasteiger charge is 2.34. The van der Waals surface area contributed by atoms with E-state index < -0.39 is 0 Å². The van der Waals surface area contributed by atoms with E-state index in [4.69, 9.17) is 23.5 Å². The predicted octanol–water partition coefficient (Wildman–Crippen LogP) is 4.03. The van der Waals surface area contributed by atoms with Gasteiger partial charge in [-0.2, -0.15) is 0 Å². The summed E-state index contributed by atoms with van der Waals surface area (Å²) in [6.07, 6.45) is 1.87. The first kappa shape index (κ1) is 20.2. The van der Waals surface area contributed by atoms with Gasteiger partial charge in [-0.3, -0.25) is 4.79 Å². The Labute approximate surface area is 185 Å². The van der Waals surface area contributed by atoms with Gasteiger partial charge in [-0.25, -0.2) is 0 Å². The summed E-state index contributed by atoms with van der Waals surface area (Å²) >= 11 is 0. The van der Waals surface area contributed by atoms with Crippen LogP contribution in [0.5, 0.6) is 23.0 Å². The van der Waals surface area contributed by atoms with Gasteiger partial charge in [0.05, 0.1) is 20.8 Å². The molecule has 2 aromatic carbocycles. The molecule has 1 aliphatic heterocycles. The minimum Gasteiger partial charge on any atom is -0.493 e. The van der Waals surface area contributed by atoms with Gasteiger partial charge in [-0.15, -0.1) is 0 Å². The van der Waals surface area contributed by atoms with Crippen LogP contribution < -0.4 is 18.9 Å². The molecule has 1 aromatic heterocycles. The van der Waals surface area contributed by atoms with E-state index in [-0.39, 0.29) is 18.6 Å². The van der Waals surface area contributed by atoms with E-state index in [1.807, 2.05) is 47.4 Å². The Hall–Kier alpha value is -3.68. The van der Waals surface area contributed by atoms with Gasteiger partial charge < -0.3 is 28.4 Å². The Balaban J connectivity index is 1.35. The van der Waals surface area contributed by atoms with Gasteiger partial charge in [0, 0.05) is 24.1 Å². The average molecular weight is 436 g/mol. The third-order valence-corrected chi connectivity index (χ3v) is 5.63. The number of hydrogen-bond acceptors (Lipinski definition) is 7. The molecule has 32 heavy (non-hydrogen) atoms. The number of rotatable bonds is 8. The average Bonchev–Trinajstić information content (AvgIpc) is 3.38. The van der Waals surface area contributed by atoms with Crippen molar-refractivity contribution < 1.29 is 28.3 Å². The van der Waals surface area contributed by atoms with Gasteiger partial charge in [0.25, 0.3) is 0 Å². The van der Waals surface area contributed by atoms with Crippen LogP contribution in [0.15, 0.2) is 47.0 Å². The van der Waals surface area contributed by atoms with E-state index in [1.54, 1.807) is 14.2 Å². The van der Waals surface area contributed by atoms with Crippen molar-refractivity contribution in [1.29, 1.82) is 0 Å². The Kier molecular flexibility index (Phi) is 5.34. The Morgan fingerprint density at radius 1 is 1.00 bits per heavy atom. The van der Waals surface area contributed by atoms with E-state index in [0.717, 1.165) is 29.7 Å². The summed E-state index contributed by atoms with van der Waals surface area (Å²) in [5.74, 6) is 3.52. The van der Waals surface area contributed by atoms with Gasteiger partial charge in [0.15, 0.2) is 28.8 Å². The fourth-order valence-corrected chi connectivity index (χ4v) is 3.77. The van der Waals surface area contributed by atoms with Crippen LogP contribution in [-0.2, 0) is 17.9 Å². The van der Waals surface area contributed by atoms with E-state index in [1.165, 1.54) is 0 Å². The third-order valence-electron chi connectivity index (χ3n) is 5.63. The summed E-state index contributed by atoms with van der Waals surface area (Å²) in [6, 6.07) is 13.1. The molecule has 0 spiro atoms. The van der Waals surface area contributed by atoms with Crippen molar-refractivity contribution in [3.05, 3.63) is 53.7 Å². The highest BCUT2D eigenvalue weighted by molar-refractivity contribution is 5.81. The SMILES string of the molecule is COc1ccc(-c2cc(CN(Cc3ccc4c(c3)OCO4)C(=O)C3CC3)no2)cc1OC.